The van der Waals surface area contributed by atoms with E-state index in [0.717, 1.165) is 0 Å². The van der Waals surface area contributed by atoms with Gasteiger partial charge in [0.25, 0.3) is 0 Å². The Bertz CT molecular complexity index is 541. The predicted molar refractivity (Wildman–Crippen MR) is 74.0 cm³/mol. The number of amides is 1. The number of hydrogen-bond acceptors (Lipinski definition) is 5. The largest absolute Gasteiger partial charge is 0.492 e. The standard InChI is InChI=1S/C13H17N5O2/c14-11-2-1-3-12(8-11)20-7-5-16-13(19)4-6-18-10-15-9-17-18/h1-3,8-10H,4-7,14H2,(H,16,19). The average molecular weight is 275 g/mol. The van der Waals surface area contributed by atoms with Crippen molar-refractivity contribution in [2.24, 2.45) is 0 Å². The molecule has 0 saturated heterocycles. The van der Waals surface area contributed by atoms with Gasteiger partial charge in [0.2, 0.25) is 5.91 Å². The minimum absolute atomic E-state index is 0.0447. The Balaban J connectivity index is 1.59. The molecule has 0 unspecified atom stereocenters. The number of anilines is 1. The summed E-state index contributed by atoms with van der Waals surface area (Å²) in [7, 11) is 0. The Kier molecular flexibility index (Phi) is 4.94. The van der Waals surface area contributed by atoms with Crippen LogP contribution in [0.3, 0.4) is 0 Å². The number of ether oxygens (including phenoxy) is 1. The van der Waals surface area contributed by atoms with Crippen molar-refractivity contribution in [3.63, 3.8) is 0 Å². The first-order chi connectivity index (χ1) is 9.74. The fraction of sp³-hybridized carbons (Fsp3) is 0.308. The number of rotatable bonds is 7. The quantitative estimate of drug-likeness (QED) is 0.565. The van der Waals surface area contributed by atoms with Crippen molar-refractivity contribution in [3.05, 3.63) is 36.9 Å². The highest BCUT2D eigenvalue weighted by molar-refractivity contribution is 5.75. The highest BCUT2D eigenvalue weighted by Crippen LogP contribution is 2.13. The number of carbonyl (C=O) groups is 1. The van der Waals surface area contributed by atoms with Crippen molar-refractivity contribution in [1.82, 2.24) is 20.1 Å². The van der Waals surface area contributed by atoms with Crippen LogP contribution in [-0.4, -0.2) is 33.8 Å². The maximum absolute atomic E-state index is 11.6. The fourth-order valence-electron chi connectivity index (χ4n) is 1.62. The molecule has 2 rings (SSSR count). The van der Waals surface area contributed by atoms with Crippen molar-refractivity contribution >= 4 is 11.6 Å². The van der Waals surface area contributed by atoms with Crippen molar-refractivity contribution < 1.29 is 9.53 Å². The molecule has 0 atom stereocenters. The van der Waals surface area contributed by atoms with E-state index in [4.69, 9.17) is 10.5 Å². The van der Waals surface area contributed by atoms with E-state index in [0.29, 0.717) is 37.6 Å². The molecule has 0 aliphatic heterocycles. The second-order valence-corrected chi connectivity index (χ2v) is 4.18. The van der Waals surface area contributed by atoms with Gasteiger partial charge in [0.15, 0.2) is 0 Å². The molecule has 106 valence electrons. The van der Waals surface area contributed by atoms with Crippen LogP contribution in [0.2, 0.25) is 0 Å². The molecule has 1 aromatic heterocycles. The van der Waals surface area contributed by atoms with Gasteiger partial charge in [-0.25, -0.2) is 4.98 Å². The van der Waals surface area contributed by atoms with Gasteiger partial charge in [-0.15, -0.1) is 0 Å². The van der Waals surface area contributed by atoms with Crippen LogP contribution >= 0.6 is 0 Å². The first-order valence-electron chi connectivity index (χ1n) is 6.31. The maximum Gasteiger partial charge on any atom is 0.221 e. The van der Waals surface area contributed by atoms with E-state index >= 15 is 0 Å². The summed E-state index contributed by atoms with van der Waals surface area (Å²) >= 11 is 0. The van der Waals surface area contributed by atoms with E-state index < -0.39 is 0 Å². The molecule has 0 fully saturated rings. The summed E-state index contributed by atoms with van der Waals surface area (Å²) in [6.45, 7) is 1.37. The van der Waals surface area contributed by atoms with Crippen LogP contribution < -0.4 is 15.8 Å². The zero-order valence-electron chi connectivity index (χ0n) is 11.0. The van der Waals surface area contributed by atoms with Gasteiger partial charge in [-0.2, -0.15) is 5.10 Å². The number of carbonyl (C=O) groups excluding carboxylic acids is 1. The number of aryl methyl sites for hydroxylation is 1. The summed E-state index contributed by atoms with van der Waals surface area (Å²) in [6.07, 6.45) is 3.38. The molecular formula is C13H17N5O2. The lowest BCUT2D eigenvalue weighted by atomic mass is 10.3. The van der Waals surface area contributed by atoms with Gasteiger partial charge in [0.05, 0.1) is 13.1 Å². The molecule has 20 heavy (non-hydrogen) atoms. The molecule has 1 heterocycles. The molecule has 1 aromatic carbocycles. The second-order valence-electron chi connectivity index (χ2n) is 4.18. The Morgan fingerprint density at radius 1 is 1.45 bits per heavy atom. The van der Waals surface area contributed by atoms with E-state index in [-0.39, 0.29) is 5.91 Å². The van der Waals surface area contributed by atoms with Crippen molar-refractivity contribution in [1.29, 1.82) is 0 Å². The SMILES string of the molecule is Nc1cccc(OCCNC(=O)CCn2cncn2)c1. The van der Waals surface area contributed by atoms with Gasteiger partial charge in [-0.05, 0) is 12.1 Å². The van der Waals surface area contributed by atoms with E-state index in [1.165, 1.54) is 6.33 Å². The van der Waals surface area contributed by atoms with Crippen LogP contribution in [0.15, 0.2) is 36.9 Å². The molecule has 0 aliphatic rings. The van der Waals surface area contributed by atoms with Crippen LogP contribution in [-0.2, 0) is 11.3 Å². The molecule has 0 saturated carbocycles. The van der Waals surface area contributed by atoms with Gasteiger partial charge in [-0.1, -0.05) is 6.07 Å². The molecule has 0 bridgehead atoms. The highest BCUT2D eigenvalue weighted by Gasteiger charge is 2.02. The van der Waals surface area contributed by atoms with Gasteiger partial charge < -0.3 is 15.8 Å². The number of nitrogens with zero attached hydrogens (tertiary/aromatic N) is 3. The lowest BCUT2D eigenvalue weighted by Gasteiger charge is -2.08. The summed E-state index contributed by atoms with van der Waals surface area (Å²) in [5.41, 5.74) is 6.29. The third-order valence-corrected chi connectivity index (χ3v) is 2.59. The number of benzene rings is 1. The lowest BCUT2D eigenvalue weighted by molar-refractivity contribution is -0.121. The van der Waals surface area contributed by atoms with Gasteiger partial charge in [0, 0.05) is 18.2 Å². The summed E-state index contributed by atoms with van der Waals surface area (Å²) in [6, 6.07) is 7.18. The number of nitrogens with two attached hydrogens (primary N) is 1. The number of nitrogens with one attached hydrogen (secondary N) is 1. The third-order valence-electron chi connectivity index (χ3n) is 2.59. The van der Waals surface area contributed by atoms with E-state index in [1.54, 1.807) is 23.1 Å². The van der Waals surface area contributed by atoms with Gasteiger partial charge in [-0.3, -0.25) is 9.48 Å². The molecule has 7 nitrogen and oxygen atoms in total. The Labute approximate surface area is 116 Å². The van der Waals surface area contributed by atoms with Crippen molar-refractivity contribution in [3.8, 4) is 5.75 Å². The molecule has 0 radical (unpaired) electrons. The smallest absolute Gasteiger partial charge is 0.221 e. The van der Waals surface area contributed by atoms with Crippen LogP contribution in [0.5, 0.6) is 5.75 Å². The van der Waals surface area contributed by atoms with Crippen LogP contribution in [0.4, 0.5) is 5.69 Å². The van der Waals surface area contributed by atoms with Gasteiger partial charge in [0.1, 0.15) is 25.0 Å². The second kappa shape index (κ2) is 7.13. The van der Waals surface area contributed by atoms with Crippen LogP contribution in [0, 0.1) is 0 Å². The topological polar surface area (TPSA) is 95.1 Å². The number of aromatic nitrogens is 3. The first kappa shape index (κ1) is 13.9. The molecule has 3 N–H and O–H groups in total. The molecule has 1 amide bonds. The normalized spacial score (nSPS) is 10.2. The Hall–Kier alpha value is -2.57. The minimum atomic E-state index is -0.0447. The summed E-state index contributed by atoms with van der Waals surface area (Å²) in [5, 5.41) is 6.69. The number of hydrogen-bond donors (Lipinski definition) is 2. The Morgan fingerprint density at radius 3 is 3.10 bits per heavy atom. The molecule has 7 heteroatoms. The third kappa shape index (κ3) is 4.60. The Morgan fingerprint density at radius 2 is 2.35 bits per heavy atom. The summed E-state index contributed by atoms with van der Waals surface area (Å²) < 4.78 is 7.08. The molecule has 0 aliphatic carbocycles. The summed E-state index contributed by atoms with van der Waals surface area (Å²) in [4.78, 5) is 15.4. The minimum Gasteiger partial charge on any atom is -0.492 e. The summed E-state index contributed by atoms with van der Waals surface area (Å²) in [5.74, 6) is 0.651. The predicted octanol–water partition coefficient (Wildman–Crippen LogP) is 0.446. The van der Waals surface area contributed by atoms with E-state index in [1.807, 2.05) is 12.1 Å². The molecule has 0 spiro atoms. The lowest BCUT2D eigenvalue weighted by Crippen LogP contribution is -2.28. The zero-order chi connectivity index (χ0) is 14.2. The van der Waals surface area contributed by atoms with Crippen molar-refractivity contribution in [2.45, 2.75) is 13.0 Å². The first-order valence-corrected chi connectivity index (χ1v) is 6.31. The molecular weight excluding hydrogens is 258 g/mol. The number of nitrogen functional groups attached to an aromatic ring is 1. The monoisotopic (exact) mass is 275 g/mol. The van der Waals surface area contributed by atoms with E-state index in [9.17, 15) is 4.79 Å². The van der Waals surface area contributed by atoms with E-state index in [2.05, 4.69) is 15.4 Å². The zero-order valence-corrected chi connectivity index (χ0v) is 11.0. The maximum atomic E-state index is 11.6. The highest BCUT2D eigenvalue weighted by atomic mass is 16.5. The van der Waals surface area contributed by atoms with Gasteiger partial charge >= 0.3 is 0 Å². The van der Waals surface area contributed by atoms with Crippen LogP contribution in [0.25, 0.3) is 0 Å². The van der Waals surface area contributed by atoms with Crippen molar-refractivity contribution in [2.75, 3.05) is 18.9 Å². The van der Waals surface area contributed by atoms with Crippen LogP contribution in [0.1, 0.15) is 6.42 Å². The molecule has 2 aromatic rings. The average Bonchev–Trinajstić information content (AvgIpc) is 2.95. The fourth-order valence-corrected chi connectivity index (χ4v) is 1.62.